The lowest BCUT2D eigenvalue weighted by Crippen LogP contribution is -2.12. The third kappa shape index (κ3) is 4.32. The number of nitrogens with one attached hydrogen (secondary N) is 1. The van der Waals surface area contributed by atoms with E-state index in [2.05, 4.69) is 10.1 Å². The zero-order chi connectivity index (χ0) is 16.8. The number of amides is 1. The first-order valence-electron chi connectivity index (χ1n) is 6.61. The highest BCUT2D eigenvalue weighted by molar-refractivity contribution is 6.04. The maximum Gasteiger partial charge on any atom is 0.387 e. The van der Waals surface area contributed by atoms with Gasteiger partial charge in [0.2, 0.25) is 0 Å². The molecule has 2 aromatic carbocycles. The molecule has 0 aliphatic heterocycles. The van der Waals surface area contributed by atoms with Crippen LogP contribution in [0.4, 0.5) is 14.5 Å². The number of carbonyl (C=O) groups excluding carboxylic acids is 1. The van der Waals surface area contributed by atoms with Gasteiger partial charge in [-0.15, -0.1) is 0 Å². The summed E-state index contributed by atoms with van der Waals surface area (Å²) >= 11 is 0. The van der Waals surface area contributed by atoms with E-state index >= 15 is 0 Å². The van der Waals surface area contributed by atoms with Gasteiger partial charge in [0.1, 0.15) is 5.75 Å². The molecule has 0 bridgehead atoms. The standard InChI is InChI=1S/C16H15F2NO4/c1-21-13-8-3-10(9-14(13)22-2)15(20)19-11-4-6-12(7-5-11)23-16(17)18/h3-9,16H,1-2H3,(H,19,20). The molecule has 0 atom stereocenters. The summed E-state index contributed by atoms with van der Waals surface area (Å²) in [7, 11) is 2.97. The summed E-state index contributed by atoms with van der Waals surface area (Å²) in [6, 6.07) is 10.4. The van der Waals surface area contributed by atoms with E-state index in [-0.39, 0.29) is 11.7 Å². The molecule has 0 aliphatic carbocycles. The predicted octanol–water partition coefficient (Wildman–Crippen LogP) is 3.56. The smallest absolute Gasteiger partial charge is 0.387 e. The van der Waals surface area contributed by atoms with Crippen molar-refractivity contribution in [1.82, 2.24) is 0 Å². The normalized spacial score (nSPS) is 10.3. The van der Waals surface area contributed by atoms with E-state index in [4.69, 9.17) is 9.47 Å². The van der Waals surface area contributed by atoms with Crippen molar-refractivity contribution in [2.75, 3.05) is 19.5 Å². The molecule has 0 saturated carbocycles. The van der Waals surface area contributed by atoms with Crippen LogP contribution in [-0.4, -0.2) is 26.7 Å². The number of carbonyl (C=O) groups is 1. The van der Waals surface area contributed by atoms with Gasteiger partial charge in [0.05, 0.1) is 14.2 Å². The van der Waals surface area contributed by atoms with Crippen molar-refractivity contribution in [3.05, 3.63) is 48.0 Å². The molecule has 2 rings (SSSR count). The Morgan fingerprint density at radius 1 is 1.00 bits per heavy atom. The lowest BCUT2D eigenvalue weighted by atomic mass is 10.2. The molecule has 7 heteroatoms. The summed E-state index contributed by atoms with van der Waals surface area (Å²) in [5, 5.41) is 2.65. The Hall–Kier alpha value is -2.83. The van der Waals surface area contributed by atoms with Crippen LogP contribution in [0.1, 0.15) is 10.4 Å². The maximum absolute atomic E-state index is 12.2. The Labute approximate surface area is 131 Å². The highest BCUT2D eigenvalue weighted by Crippen LogP contribution is 2.28. The van der Waals surface area contributed by atoms with Crippen molar-refractivity contribution >= 4 is 11.6 Å². The van der Waals surface area contributed by atoms with E-state index < -0.39 is 6.61 Å². The van der Waals surface area contributed by atoms with Crippen LogP contribution in [0.2, 0.25) is 0 Å². The molecule has 1 N–H and O–H groups in total. The summed E-state index contributed by atoms with van der Waals surface area (Å²) < 4.78 is 38.6. The van der Waals surface area contributed by atoms with Gasteiger partial charge in [-0.05, 0) is 42.5 Å². The molecule has 0 aromatic heterocycles. The maximum atomic E-state index is 12.2. The van der Waals surface area contributed by atoms with Crippen molar-refractivity contribution < 1.29 is 27.8 Å². The molecule has 5 nitrogen and oxygen atoms in total. The number of anilines is 1. The summed E-state index contributed by atoms with van der Waals surface area (Å²) in [5.41, 5.74) is 0.821. The molecule has 0 saturated heterocycles. The first kappa shape index (κ1) is 16.5. The Kier molecular flexibility index (Phi) is 5.35. The van der Waals surface area contributed by atoms with Gasteiger partial charge in [-0.2, -0.15) is 8.78 Å². The van der Waals surface area contributed by atoms with E-state index in [1.54, 1.807) is 18.2 Å². The van der Waals surface area contributed by atoms with Gasteiger partial charge in [0.15, 0.2) is 11.5 Å². The van der Waals surface area contributed by atoms with Gasteiger partial charge in [0, 0.05) is 11.3 Å². The Morgan fingerprint density at radius 3 is 2.22 bits per heavy atom. The van der Waals surface area contributed by atoms with Gasteiger partial charge < -0.3 is 19.5 Å². The van der Waals surface area contributed by atoms with E-state index in [1.165, 1.54) is 38.5 Å². The number of methoxy groups -OCH3 is 2. The van der Waals surface area contributed by atoms with Gasteiger partial charge in [-0.25, -0.2) is 0 Å². The van der Waals surface area contributed by atoms with Crippen molar-refractivity contribution in [3.8, 4) is 17.2 Å². The SMILES string of the molecule is COc1ccc(C(=O)Nc2ccc(OC(F)F)cc2)cc1OC. The van der Waals surface area contributed by atoms with Crippen LogP contribution in [0.5, 0.6) is 17.2 Å². The molecule has 23 heavy (non-hydrogen) atoms. The number of halogens is 2. The molecule has 122 valence electrons. The highest BCUT2D eigenvalue weighted by Gasteiger charge is 2.11. The zero-order valence-electron chi connectivity index (χ0n) is 12.5. The van der Waals surface area contributed by atoms with E-state index in [1.807, 2.05) is 0 Å². The first-order valence-corrected chi connectivity index (χ1v) is 6.61. The molecular weight excluding hydrogens is 308 g/mol. The van der Waals surface area contributed by atoms with Crippen LogP contribution in [0, 0.1) is 0 Å². The number of benzene rings is 2. The number of hydrogen-bond donors (Lipinski definition) is 1. The fourth-order valence-electron chi connectivity index (χ4n) is 1.90. The van der Waals surface area contributed by atoms with Gasteiger partial charge in [0.25, 0.3) is 5.91 Å². The lowest BCUT2D eigenvalue weighted by molar-refractivity contribution is -0.0498. The minimum Gasteiger partial charge on any atom is -0.493 e. The molecular formula is C16H15F2NO4. The summed E-state index contributed by atoms with van der Waals surface area (Å²) in [6.45, 7) is -2.89. The van der Waals surface area contributed by atoms with Crippen molar-refractivity contribution in [3.63, 3.8) is 0 Å². The predicted molar refractivity (Wildman–Crippen MR) is 80.6 cm³/mol. The summed E-state index contributed by atoms with van der Waals surface area (Å²) in [5.74, 6) is 0.593. The fraction of sp³-hybridized carbons (Fsp3) is 0.188. The summed E-state index contributed by atoms with van der Waals surface area (Å²) in [4.78, 5) is 12.2. The second kappa shape index (κ2) is 7.44. The second-order valence-corrected chi connectivity index (χ2v) is 4.43. The Balaban J connectivity index is 2.09. The van der Waals surface area contributed by atoms with Gasteiger partial charge in [-0.3, -0.25) is 4.79 Å². The third-order valence-electron chi connectivity index (χ3n) is 2.98. The van der Waals surface area contributed by atoms with Crippen LogP contribution in [0.25, 0.3) is 0 Å². The fourth-order valence-corrected chi connectivity index (χ4v) is 1.90. The van der Waals surface area contributed by atoms with Crippen molar-refractivity contribution in [1.29, 1.82) is 0 Å². The minimum absolute atomic E-state index is 0.0177. The van der Waals surface area contributed by atoms with Crippen molar-refractivity contribution in [2.24, 2.45) is 0 Å². The van der Waals surface area contributed by atoms with Crippen LogP contribution >= 0.6 is 0 Å². The molecule has 0 unspecified atom stereocenters. The monoisotopic (exact) mass is 323 g/mol. The molecule has 0 fully saturated rings. The average molecular weight is 323 g/mol. The second-order valence-electron chi connectivity index (χ2n) is 4.43. The quantitative estimate of drug-likeness (QED) is 0.883. The average Bonchev–Trinajstić information content (AvgIpc) is 2.55. The molecule has 0 aliphatic rings. The topological polar surface area (TPSA) is 56.8 Å². The van der Waals surface area contributed by atoms with Crippen molar-refractivity contribution in [2.45, 2.75) is 6.61 Å². The minimum atomic E-state index is -2.89. The highest BCUT2D eigenvalue weighted by atomic mass is 19.3. The number of rotatable bonds is 6. The van der Waals surface area contributed by atoms with E-state index in [9.17, 15) is 13.6 Å². The zero-order valence-corrected chi connectivity index (χ0v) is 12.5. The van der Waals surface area contributed by atoms with Crippen LogP contribution < -0.4 is 19.5 Å². The molecule has 0 spiro atoms. The number of alkyl halides is 2. The third-order valence-corrected chi connectivity index (χ3v) is 2.98. The van der Waals surface area contributed by atoms with E-state index in [0.717, 1.165) is 0 Å². The first-order chi connectivity index (χ1) is 11.0. The largest absolute Gasteiger partial charge is 0.493 e. The van der Waals surface area contributed by atoms with Gasteiger partial charge >= 0.3 is 6.61 Å². The molecule has 2 aromatic rings. The van der Waals surface area contributed by atoms with Crippen LogP contribution in [-0.2, 0) is 0 Å². The molecule has 0 heterocycles. The number of ether oxygens (including phenoxy) is 3. The van der Waals surface area contributed by atoms with E-state index in [0.29, 0.717) is 22.7 Å². The van der Waals surface area contributed by atoms with Crippen LogP contribution in [0.15, 0.2) is 42.5 Å². The molecule has 1 amide bonds. The van der Waals surface area contributed by atoms with Crippen LogP contribution in [0.3, 0.4) is 0 Å². The number of hydrogen-bond acceptors (Lipinski definition) is 4. The lowest BCUT2D eigenvalue weighted by Gasteiger charge is -2.10. The Bertz CT molecular complexity index is 674. The Morgan fingerprint density at radius 2 is 1.65 bits per heavy atom. The summed E-state index contributed by atoms with van der Waals surface area (Å²) in [6.07, 6.45) is 0. The molecule has 0 radical (unpaired) electrons. The van der Waals surface area contributed by atoms with Gasteiger partial charge in [-0.1, -0.05) is 0 Å².